The molecule has 0 aromatic carbocycles. The molecule has 10 nitrogen and oxygen atoms in total. The Bertz CT molecular complexity index is 1580. The van der Waals surface area contributed by atoms with E-state index in [1.165, 1.54) is 40.4 Å². The second kappa shape index (κ2) is 10.7. The van der Waals surface area contributed by atoms with Crippen LogP contribution < -0.4 is 10.9 Å². The summed E-state index contributed by atoms with van der Waals surface area (Å²) in [6.45, 7) is 5.13. The molecule has 0 aliphatic carbocycles. The molecule has 0 unspecified atom stereocenters. The highest BCUT2D eigenvalue weighted by atomic mass is 35.5. The lowest BCUT2D eigenvalue weighted by atomic mass is 9.96. The van der Waals surface area contributed by atoms with Crippen molar-refractivity contribution >= 4 is 46.4 Å². The van der Waals surface area contributed by atoms with Crippen LogP contribution in [0.15, 0.2) is 59.7 Å². The molecule has 4 aromatic heterocycles. The van der Waals surface area contributed by atoms with Crippen LogP contribution in [0.5, 0.6) is 0 Å². The number of aromatic carboxylic acids is 1. The smallest absolute Gasteiger partial charge is 0.337 e. The predicted molar refractivity (Wildman–Crippen MR) is 144 cm³/mol. The fourth-order valence-corrected chi connectivity index (χ4v) is 4.58. The maximum absolute atomic E-state index is 13.4. The number of carbonyl (C=O) groups excluding carboxylic acids is 2. The fourth-order valence-electron chi connectivity index (χ4n) is 3.55. The molecule has 0 aliphatic heterocycles. The maximum atomic E-state index is 13.4. The number of aromatic nitrogens is 4. The molecule has 0 amide bonds. The lowest BCUT2D eigenvalue weighted by Gasteiger charge is -2.18. The molecule has 0 saturated heterocycles. The number of hydrogen-bond donors (Lipinski definition) is 2. The Morgan fingerprint density at radius 1 is 1.13 bits per heavy atom. The van der Waals surface area contributed by atoms with E-state index in [0.29, 0.717) is 16.7 Å². The van der Waals surface area contributed by atoms with Crippen LogP contribution in [-0.2, 0) is 13.1 Å². The number of ketones is 1. The summed E-state index contributed by atoms with van der Waals surface area (Å²) in [6.07, 6.45) is 2.55. The number of rotatable bonds is 8. The van der Waals surface area contributed by atoms with Gasteiger partial charge >= 0.3 is 5.97 Å². The zero-order chi connectivity index (χ0) is 27.6. The third-order valence-electron chi connectivity index (χ3n) is 5.49. The number of carboxylic acid groups (broad SMARTS) is 1. The minimum absolute atomic E-state index is 0.0681. The quantitative estimate of drug-likeness (QED) is 0.300. The summed E-state index contributed by atoms with van der Waals surface area (Å²) in [6, 6.07) is 11.1. The number of nitrogens with zero attached hydrogens (tertiary/aromatic N) is 4. The molecule has 0 spiro atoms. The lowest BCUT2D eigenvalue weighted by Crippen LogP contribution is -2.29. The summed E-state index contributed by atoms with van der Waals surface area (Å²) in [4.78, 5) is 56.1. The van der Waals surface area contributed by atoms with Gasteiger partial charge in [-0.2, -0.15) is 9.78 Å². The summed E-state index contributed by atoms with van der Waals surface area (Å²) >= 11 is 7.40. The molecular formula is C26H24ClN5O5S. The third-order valence-corrected chi connectivity index (χ3v) is 6.72. The van der Waals surface area contributed by atoms with Gasteiger partial charge in [-0.25, -0.2) is 4.79 Å². The van der Waals surface area contributed by atoms with Crippen LogP contribution in [0.2, 0.25) is 4.34 Å². The molecule has 12 heteroatoms. The van der Waals surface area contributed by atoms with E-state index in [1.807, 2.05) is 6.07 Å². The third kappa shape index (κ3) is 5.90. The number of halogens is 1. The molecule has 2 N–H and O–H groups in total. The number of carboxylic acids is 1. The molecule has 38 heavy (non-hydrogen) atoms. The van der Waals surface area contributed by atoms with Gasteiger partial charge in [0.15, 0.2) is 0 Å². The number of thiophene rings is 1. The van der Waals surface area contributed by atoms with Crippen LogP contribution in [0.4, 0.5) is 5.82 Å². The van der Waals surface area contributed by atoms with E-state index in [2.05, 4.69) is 15.4 Å². The Kier molecular flexibility index (Phi) is 7.61. The molecule has 0 saturated carbocycles. The Morgan fingerprint density at radius 2 is 1.89 bits per heavy atom. The number of carbonyl (C=O) groups is 3. The molecule has 0 atom stereocenters. The summed E-state index contributed by atoms with van der Waals surface area (Å²) in [7, 11) is 0. The van der Waals surface area contributed by atoms with Crippen LogP contribution in [0.3, 0.4) is 0 Å². The highest BCUT2D eigenvalue weighted by Gasteiger charge is 2.28. The van der Waals surface area contributed by atoms with Crippen molar-refractivity contribution < 1.29 is 19.5 Å². The second-order valence-corrected chi connectivity index (χ2v) is 11.3. The van der Waals surface area contributed by atoms with Gasteiger partial charge in [-0.05, 0) is 30.3 Å². The fraction of sp³-hybridized carbons (Fsp3) is 0.231. The summed E-state index contributed by atoms with van der Waals surface area (Å²) in [5, 5.41) is 17.2. The first kappa shape index (κ1) is 27.0. The van der Waals surface area contributed by atoms with Crippen molar-refractivity contribution in [1.82, 2.24) is 19.3 Å². The van der Waals surface area contributed by atoms with Gasteiger partial charge in [0, 0.05) is 28.8 Å². The molecule has 0 aliphatic rings. The SMILES string of the molecule is CC(C)(C)C(=O)n1nc(-c2cc(C(=O)O)cn(CC(=O)c3ccccn3)c2=O)cc1NCc1ccc(Cl)s1. The van der Waals surface area contributed by atoms with Crippen molar-refractivity contribution in [2.75, 3.05) is 5.32 Å². The van der Waals surface area contributed by atoms with Crippen LogP contribution in [0.25, 0.3) is 11.3 Å². The van der Waals surface area contributed by atoms with Gasteiger partial charge in [0.05, 0.1) is 28.6 Å². The molecule has 4 rings (SSSR count). The van der Waals surface area contributed by atoms with E-state index in [-0.39, 0.29) is 28.4 Å². The van der Waals surface area contributed by atoms with E-state index in [9.17, 15) is 24.3 Å². The number of hydrogen-bond acceptors (Lipinski definition) is 8. The van der Waals surface area contributed by atoms with Crippen LogP contribution in [0.1, 0.15) is 51.3 Å². The van der Waals surface area contributed by atoms with Gasteiger partial charge in [0.25, 0.3) is 11.5 Å². The van der Waals surface area contributed by atoms with Crippen molar-refractivity contribution in [2.24, 2.45) is 5.41 Å². The minimum atomic E-state index is -1.29. The minimum Gasteiger partial charge on any atom is -0.478 e. The molecule has 0 radical (unpaired) electrons. The standard InChI is InChI=1S/C26H24ClN5O5S/c1-26(2,3)25(37)32-22(29-12-16-7-8-21(27)38-16)11-19(30-32)17-10-15(24(35)36)13-31(23(17)34)14-20(33)18-6-4-5-9-28-18/h4-11,13,29H,12,14H2,1-3H3,(H,35,36). The van der Waals surface area contributed by atoms with Gasteiger partial charge in [0.1, 0.15) is 17.2 Å². The highest BCUT2D eigenvalue weighted by molar-refractivity contribution is 7.16. The van der Waals surface area contributed by atoms with Crippen molar-refractivity contribution in [1.29, 1.82) is 0 Å². The Morgan fingerprint density at radius 3 is 2.50 bits per heavy atom. The van der Waals surface area contributed by atoms with Crippen LogP contribution in [-0.4, -0.2) is 42.1 Å². The summed E-state index contributed by atoms with van der Waals surface area (Å²) < 4.78 is 2.80. The topological polar surface area (TPSA) is 136 Å². The number of pyridine rings is 2. The van der Waals surface area contributed by atoms with E-state index >= 15 is 0 Å². The van der Waals surface area contributed by atoms with Gasteiger partial charge in [-0.3, -0.25) is 19.4 Å². The van der Waals surface area contributed by atoms with Crippen LogP contribution in [0, 0.1) is 5.41 Å². The largest absolute Gasteiger partial charge is 0.478 e. The average Bonchev–Trinajstić information content (AvgIpc) is 3.49. The van der Waals surface area contributed by atoms with Crippen molar-refractivity contribution in [3.63, 3.8) is 0 Å². The van der Waals surface area contributed by atoms with Crippen molar-refractivity contribution in [2.45, 2.75) is 33.9 Å². The van der Waals surface area contributed by atoms with E-state index in [1.54, 1.807) is 39.0 Å². The second-order valence-electron chi connectivity index (χ2n) is 9.46. The lowest BCUT2D eigenvalue weighted by molar-refractivity contribution is 0.0693. The van der Waals surface area contributed by atoms with Crippen molar-refractivity contribution in [3.8, 4) is 11.3 Å². The Balaban J connectivity index is 1.78. The average molecular weight is 554 g/mol. The zero-order valence-electron chi connectivity index (χ0n) is 20.8. The van der Waals surface area contributed by atoms with Crippen LogP contribution >= 0.6 is 22.9 Å². The monoisotopic (exact) mass is 553 g/mol. The highest BCUT2D eigenvalue weighted by Crippen LogP contribution is 2.27. The Labute approximate surface area is 226 Å². The normalized spacial score (nSPS) is 11.4. The molecule has 0 fully saturated rings. The molecule has 4 heterocycles. The van der Waals surface area contributed by atoms with Crippen molar-refractivity contribution in [3.05, 3.63) is 85.7 Å². The predicted octanol–water partition coefficient (Wildman–Crippen LogP) is 4.70. The number of Topliss-reactive ketones (excluding diaryl/α,β-unsaturated/α-hetero) is 1. The first-order valence-corrected chi connectivity index (χ1v) is 12.7. The van der Waals surface area contributed by atoms with E-state index < -0.39 is 29.3 Å². The molecule has 4 aromatic rings. The number of nitrogens with one attached hydrogen (secondary N) is 1. The summed E-state index contributed by atoms with van der Waals surface area (Å²) in [5.74, 6) is -1.77. The first-order chi connectivity index (χ1) is 17.9. The Hall–Kier alpha value is -4.09. The van der Waals surface area contributed by atoms with Gasteiger partial charge < -0.3 is 15.0 Å². The maximum Gasteiger partial charge on any atom is 0.337 e. The summed E-state index contributed by atoms with van der Waals surface area (Å²) in [5.41, 5.74) is -1.49. The zero-order valence-corrected chi connectivity index (χ0v) is 22.3. The first-order valence-electron chi connectivity index (χ1n) is 11.5. The number of anilines is 1. The molecule has 196 valence electrons. The van der Waals surface area contributed by atoms with Gasteiger partial charge in [-0.15, -0.1) is 11.3 Å². The van der Waals surface area contributed by atoms with E-state index in [0.717, 1.165) is 15.6 Å². The van der Waals surface area contributed by atoms with Gasteiger partial charge in [0.2, 0.25) is 5.78 Å². The molecule has 0 bridgehead atoms. The molecular weight excluding hydrogens is 530 g/mol. The van der Waals surface area contributed by atoms with Gasteiger partial charge in [-0.1, -0.05) is 38.4 Å². The van der Waals surface area contributed by atoms with E-state index in [4.69, 9.17) is 11.6 Å².